The molecule has 0 atom stereocenters. The third kappa shape index (κ3) is 17.1. The van der Waals surface area contributed by atoms with E-state index in [0.717, 1.165) is 23.8 Å². The molecule has 158 valence electrons. The second-order valence-corrected chi connectivity index (χ2v) is 10.9. The first kappa shape index (κ1) is 28.4. The Morgan fingerprint density at radius 1 is 1.26 bits per heavy atom. The normalized spacial score (nSPS) is 10.9. The molecule has 0 amide bonds. The number of hydrogen-bond acceptors (Lipinski definition) is 6. The van der Waals surface area contributed by atoms with Gasteiger partial charge in [0.2, 0.25) is 0 Å². The van der Waals surface area contributed by atoms with Crippen LogP contribution in [-0.2, 0) is 10.5 Å². The number of halogens is 1. The Labute approximate surface area is 177 Å². The molecular weight excluding hydrogens is 475 g/mol. The van der Waals surface area contributed by atoms with E-state index in [2.05, 4.69) is 15.3 Å². The van der Waals surface area contributed by atoms with Crippen LogP contribution in [0.4, 0.5) is 4.79 Å². The molecule has 0 saturated carbocycles. The molecule has 0 saturated heterocycles. The fraction of sp³-hybridized carbons (Fsp3) is 0.600. The predicted molar refractivity (Wildman–Crippen MR) is 130 cm³/mol. The molecular formula is C20H37IN2O3S. The summed E-state index contributed by atoms with van der Waals surface area (Å²) in [5.41, 5.74) is 5.67. The van der Waals surface area contributed by atoms with Crippen molar-refractivity contribution >= 4 is 42.0 Å². The standard InChI is InChI=1S/C16H24INO3S.C2H7N.C2H6/c1-16(2,3)21-15(19)17(4)18-10-11-22-12-13-6-8-14(20-5)9-7-13;1-2-3;1-2/h6-10H,11-12H2,1-5H3;2-3H2,1H3;1-2H3/b18-10+;;. The van der Waals surface area contributed by atoms with Crippen molar-refractivity contribution in [1.82, 2.24) is 0 Å². The van der Waals surface area contributed by atoms with Gasteiger partial charge in [-0.05, 0) is 6.54 Å². The van der Waals surface area contributed by atoms with Crippen molar-refractivity contribution < 1.29 is 14.3 Å². The molecule has 1 aromatic rings. The van der Waals surface area contributed by atoms with Gasteiger partial charge in [-0.1, -0.05) is 20.8 Å². The van der Waals surface area contributed by atoms with Crippen LogP contribution in [-0.4, -0.2) is 40.1 Å². The first-order valence-electron chi connectivity index (χ1n) is 8.99. The Morgan fingerprint density at radius 2 is 1.78 bits per heavy atom. The van der Waals surface area contributed by atoms with E-state index < -0.39 is 25.7 Å². The second-order valence-electron chi connectivity index (χ2n) is 5.95. The summed E-state index contributed by atoms with van der Waals surface area (Å²) < 4.78 is 14.7. The molecule has 0 aliphatic heterocycles. The molecule has 0 radical (unpaired) electrons. The zero-order valence-corrected chi connectivity index (χ0v) is 21.0. The van der Waals surface area contributed by atoms with Crippen molar-refractivity contribution in [3.05, 3.63) is 29.8 Å². The number of thioether (sulfide) groups is 1. The van der Waals surface area contributed by atoms with Crippen LogP contribution in [0.5, 0.6) is 5.75 Å². The summed E-state index contributed by atoms with van der Waals surface area (Å²) >= 11 is -0.253. The average molecular weight is 512 g/mol. The number of nitrogens with zero attached hydrogens (tertiary/aromatic N) is 1. The minimum atomic E-state index is -2.02. The number of nitrogens with two attached hydrogens (primary N) is 1. The van der Waals surface area contributed by atoms with Crippen molar-refractivity contribution in [1.29, 1.82) is 0 Å². The van der Waals surface area contributed by atoms with Crippen LogP contribution in [0.2, 0.25) is 0 Å². The van der Waals surface area contributed by atoms with Crippen LogP contribution < -0.4 is 10.5 Å². The van der Waals surface area contributed by atoms with E-state index in [-0.39, 0.29) is 3.98 Å². The molecule has 2 N–H and O–H groups in total. The minimum absolute atomic E-state index is 0.131. The number of benzene rings is 1. The van der Waals surface area contributed by atoms with E-state index in [1.807, 2.05) is 64.8 Å². The zero-order chi connectivity index (χ0) is 21.3. The number of hydrogen-bond donors (Lipinski definition) is 1. The van der Waals surface area contributed by atoms with E-state index >= 15 is 0 Å². The summed E-state index contributed by atoms with van der Waals surface area (Å²) in [6, 6.07) is 8.04. The zero-order valence-electron chi connectivity index (χ0n) is 18.0. The molecule has 0 spiro atoms. The summed E-state index contributed by atoms with van der Waals surface area (Å²) in [7, 11) is 1.66. The van der Waals surface area contributed by atoms with E-state index in [4.69, 9.17) is 15.2 Å². The summed E-state index contributed by atoms with van der Waals surface area (Å²) in [4.78, 5) is 13.7. The van der Waals surface area contributed by atoms with E-state index in [1.165, 1.54) is 5.56 Å². The fourth-order valence-corrected chi connectivity index (χ4v) is 4.41. The summed E-state index contributed by atoms with van der Waals surface area (Å²) in [5, 5.41) is 0. The molecule has 0 aliphatic rings. The number of rotatable bonds is 7. The summed E-state index contributed by atoms with van der Waals surface area (Å²) in [5.74, 6) is 2.59. The van der Waals surface area contributed by atoms with Crippen molar-refractivity contribution in [2.24, 2.45) is 8.94 Å². The van der Waals surface area contributed by atoms with Crippen molar-refractivity contribution in [2.75, 3.05) is 24.3 Å². The molecule has 0 bridgehead atoms. The fourth-order valence-electron chi connectivity index (χ4n) is 1.42. The Balaban J connectivity index is 0. The van der Waals surface area contributed by atoms with Gasteiger partial charge in [-0.3, -0.25) is 0 Å². The van der Waals surface area contributed by atoms with Crippen LogP contribution in [0.1, 0.15) is 47.1 Å². The first-order chi connectivity index (χ1) is 12.7. The molecule has 1 aromatic carbocycles. The van der Waals surface area contributed by atoms with Gasteiger partial charge in [-0.25, -0.2) is 0 Å². The third-order valence-corrected chi connectivity index (χ3v) is 6.09. The Bertz CT molecular complexity index is 517. The Hall–Kier alpha value is -0.800. The quantitative estimate of drug-likeness (QED) is 0.160. The monoisotopic (exact) mass is 512 g/mol. The van der Waals surface area contributed by atoms with E-state index in [1.54, 1.807) is 18.9 Å². The Morgan fingerprint density at radius 3 is 2.22 bits per heavy atom. The topological polar surface area (TPSA) is 73.9 Å². The number of carbonyl (C=O) groups excluding carboxylic acids is 1. The van der Waals surface area contributed by atoms with Crippen LogP contribution in [0.3, 0.4) is 0 Å². The van der Waals surface area contributed by atoms with Crippen molar-refractivity contribution in [2.45, 2.75) is 52.9 Å². The summed E-state index contributed by atoms with van der Waals surface area (Å²) in [6.07, 6.45) is 1.85. The van der Waals surface area contributed by atoms with Gasteiger partial charge in [-0.15, -0.1) is 0 Å². The van der Waals surface area contributed by atoms with Crippen molar-refractivity contribution in [3.8, 4) is 5.75 Å². The van der Waals surface area contributed by atoms with Gasteiger partial charge in [0.25, 0.3) is 0 Å². The maximum atomic E-state index is 11.8. The van der Waals surface area contributed by atoms with E-state index in [9.17, 15) is 4.79 Å². The van der Waals surface area contributed by atoms with Crippen LogP contribution in [0.15, 0.2) is 27.5 Å². The molecule has 7 heteroatoms. The number of ether oxygens (including phenoxy) is 2. The molecule has 27 heavy (non-hydrogen) atoms. The predicted octanol–water partition coefficient (Wildman–Crippen LogP) is 5.98. The van der Waals surface area contributed by atoms with Crippen LogP contribution in [0.25, 0.3) is 0 Å². The van der Waals surface area contributed by atoms with Gasteiger partial charge >= 0.3 is 145 Å². The molecule has 1 rings (SSSR count). The molecule has 0 aliphatic carbocycles. The number of methoxy groups -OCH3 is 1. The molecule has 0 fully saturated rings. The maximum absolute atomic E-state index is 11.8. The van der Waals surface area contributed by atoms with E-state index in [0.29, 0.717) is 0 Å². The Kier molecular flexibility index (Phi) is 18.2. The van der Waals surface area contributed by atoms with Gasteiger partial charge in [0.15, 0.2) is 0 Å². The van der Waals surface area contributed by atoms with Gasteiger partial charge in [-0.2, -0.15) is 0 Å². The van der Waals surface area contributed by atoms with Gasteiger partial charge in [0, 0.05) is 0 Å². The van der Waals surface area contributed by atoms with Crippen LogP contribution in [0, 0.1) is 0 Å². The molecule has 0 aromatic heterocycles. The van der Waals surface area contributed by atoms with Gasteiger partial charge < -0.3 is 5.73 Å². The molecule has 0 heterocycles. The molecule has 5 nitrogen and oxygen atoms in total. The van der Waals surface area contributed by atoms with Gasteiger partial charge in [0.1, 0.15) is 0 Å². The first-order valence-corrected chi connectivity index (χ1v) is 14.4. The van der Waals surface area contributed by atoms with Crippen LogP contribution >= 0.6 is 31.9 Å². The number of alkyl halides is 1. The average Bonchev–Trinajstić information content (AvgIpc) is 2.62. The van der Waals surface area contributed by atoms with Gasteiger partial charge in [0.05, 0.1) is 0 Å². The summed E-state index contributed by atoms with van der Waals surface area (Å²) in [6.45, 7) is 12.3. The third-order valence-electron chi connectivity index (χ3n) is 2.45. The molecule has 0 unspecified atom stereocenters. The SMILES string of the molecule is CC.CCN.COc1ccc(CSC/C=N/I(C)C(=O)OC(C)(C)C)cc1. The van der Waals surface area contributed by atoms with Crippen molar-refractivity contribution in [3.63, 3.8) is 0 Å². The number of carbonyl (C=O) groups is 1. The second kappa shape index (κ2) is 17.3.